The van der Waals surface area contributed by atoms with Crippen molar-refractivity contribution >= 4 is 27.6 Å². The summed E-state index contributed by atoms with van der Waals surface area (Å²) in [6.07, 6.45) is 4.26. The Bertz CT molecular complexity index is 1800. The van der Waals surface area contributed by atoms with Crippen LogP contribution in [0.1, 0.15) is 72.3 Å². The van der Waals surface area contributed by atoms with E-state index < -0.39 is 97.6 Å². The number of aliphatic hydroxyl groups is 1. The molecule has 0 bridgehead atoms. The highest BCUT2D eigenvalue weighted by Gasteiger charge is 2.46. The molecule has 2 aromatic carbocycles. The van der Waals surface area contributed by atoms with Crippen molar-refractivity contribution < 1.29 is 54.6 Å². The van der Waals surface area contributed by atoms with Gasteiger partial charge in [-0.25, -0.2) is 21.6 Å². The van der Waals surface area contributed by atoms with Crippen molar-refractivity contribution in [3.05, 3.63) is 65.0 Å². The number of hydrogen-bond donors (Lipinski definition) is 4. The van der Waals surface area contributed by atoms with Crippen LogP contribution in [0.3, 0.4) is 0 Å². The second kappa shape index (κ2) is 17.5. The molecule has 1 saturated carbocycles. The highest BCUT2D eigenvalue weighted by Crippen LogP contribution is 2.39. The van der Waals surface area contributed by atoms with Crippen LogP contribution in [0.4, 0.5) is 22.0 Å². The standard InChI is InChI=1S/C38H51F5N4O7S/c1-37(2,3)46-35(50)25-17-22-14-10-11-15-23(22)18-47(25)19-26(48)24(16-21-12-8-7-9-13-21)44-36(51)34(38(4,5)55(6,52)53)45-27(49)20-54-33-31(42)29(40)28(39)30(41)32(33)43/h7-9,12-13,22-26,34,48H,10-11,14-20H2,1-6H3,(H,44,51)(H,45,49)(H,46,50)/t22?,23?,24-,25-,26+,34+/m0/s1. The van der Waals surface area contributed by atoms with Crippen molar-refractivity contribution in [2.45, 2.75) is 108 Å². The molecule has 17 heteroatoms. The topological polar surface area (TPSA) is 154 Å². The van der Waals surface area contributed by atoms with Crippen LogP contribution < -0.4 is 20.7 Å². The van der Waals surface area contributed by atoms with E-state index in [0.29, 0.717) is 30.4 Å². The van der Waals surface area contributed by atoms with Crippen LogP contribution in [0.25, 0.3) is 0 Å². The zero-order valence-corrected chi connectivity index (χ0v) is 32.7. The van der Waals surface area contributed by atoms with Gasteiger partial charge in [-0.05, 0) is 71.3 Å². The number of rotatable bonds is 14. The Balaban J connectivity index is 1.61. The Morgan fingerprint density at radius 2 is 1.45 bits per heavy atom. The first kappa shape index (κ1) is 43.9. The van der Waals surface area contributed by atoms with E-state index in [4.69, 9.17) is 0 Å². The van der Waals surface area contributed by atoms with Crippen LogP contribution in [-0.2, 0) is 30.6 Å². The van der Waals surface area contributed by atoms with Gasteiger partial charge in [-0.3, -0.25) is 19.3 Å². The molecule has 306 valence electrons. The van der Waals surface area contributed by atoms with Crippen LogP contribution in [0.15, 0.2) is 30.3 Å². The number of aliphatic hydroxyl groups excluding tert-OH is 1. The summed E-state index contributed by atoms with van der Waals surface area (Å²) < 4.78 is 97.9. The third-order valence-corrected chi connectivity index (χ3v) is 12.7. The van der Waals surface area contributed by atoms with Gasteiger partial charge in [-0.2, -0.15) is 8.78 Å². The minimum atomic E-state index is -4.16. The first-order valence-electron chi connectivity index (χ1n) is 18.2. The number of fused-ring (bicyclic) bond motifs is 1. The fourth-order valence-corrected chi connectivity index (χ4v) is 7.83. The van der Waals surface area contributed by atoms with Crippen molar-refractivity contribution in [2.24, 2.45) is 11.8 Å². The van der Waals surface area contributed by atoms with E-state index in [-0.39, 0.29) is 18.9 Å². The summed E-state index contributed by atoms with van der Waals surface area (Å²) in [5.41, 5.74) is 0.179. The third-order valence-electron chi connectivity index (χ3n) is 10.6. The van der Waals surface area contributed by atoms with E-state index in [2.05, 4.69) is 20.7 Å². The van der Waals surface area contributed by atoms with Crippen molar-refractivity contribution in [3.8, 4) is 5.75 Å². The lowest BCUT2D eigenvalue weighted by Crippen LogP contribution is -2.64. The van der Waals surface area contributed by atoms with E-state index in [1.54, 1.807) is 30.3 Å². The number of carbonyl (C=O) groups excluding carboxylic acids is 3. The number of hydrogen-bond acceptors (Lipinski definition) is 8. The quantitative estimate of drug-likeness (QED) is 0.127. The monoisotopic (exact) mass is 802 g/mol. The summed E-state index contributed by atoms with van der Waals surface area (Å²) in [5, 5.41) is 19.8. The molecule has 2 fully saturated rings. The average molecular weight is 803 g/mol. The van der Waals surface area contributed by atoms with Gasteiger partial charge < -0.3 is 25.8 Å². The smallest absolute Gasteiger partial charge is 0.258 e. The summed E-state index contributed by atoms with van der Waals surface area (Å²) in [4.78, 5) is 42.7. The molecular formula is C38H51F5N4O7S. The average Bonchev–Trinajstić information content (AvgIpc) is 3.10. The fourth-order valence-electron chi connectivity index (χ4n) is 7.23. The molecule has 1 saturated heterocycles. The number of β-amino-alcohol motifs (C(OH)–C–C–N with tert-alkyl or cyclic N) is 1. The van der Waals surface area contributed by atoms with Crippen molar-refractivity contribution in [2.75, 3.05) is 26.0 Å². The van der Waals surface area contributed by atoms with Crippen LogP contribution in [0.2, 0.25) is 0 Å². The molecule has 11 nitrogen and oxygen atoms in total. The number of benzene rings is 2. The largest absolute Gasteiger partial charge is 0.477 e. The van der Waals surface area contributed by atoms with Crippen LogP contribution >= 0.6 is 0 Å². The second-order valence-electron chi connectivity index (χ2n) is 16.2. The van der Waals surface area contributed by atoms with Gasteiger partial charge in [0.15, 0.2) is 22.2 Å². The van der Waals surface area contributed by atoms with Crippen LogP contribution in [-0.4, -0.2) is 96.6 Å². The molecule has 55 heavy (non-hydrogen) atoms. The number of nitrogens with one attached hydrogen (secondary N) is 3. The zero-order valence-electron chi connectivity index (χ0n) is 31.9. The van der Waals surface area contributed by atoms with Gasteiger partial charge in [0.05, 0.1) is 22.9 Å². The minimum Gasteiger partial charge on any atom is -0.477 e. The highest BCUT2D eigenvalue weighted by molar-refractivity contribution is 7.92. The van der Waals surface area contributed by atoms with Gasteiger partial charge in [-0.15, -0.1) is 0 Å². The number of piperidine rings is 1. The molecule has 2 unspecified atom stereocenters. The third kappa shape index (κ3) is 10.7. The molecule has 3 amide bonds. The second-order valence-corrected chi connectivity index (χ2v) is 18.8. The lowest BCUT2D eigenvalue weighted by atomic mass is 9.72. The number of nitrogens with zero attached hydrogens (tertiary/aromatic N) is 1. The molecule has 6 atom stereocenters. The lowest BCUT2D eigenvalue weighted by Gasteiger charge is -2.47. The van der Waals surface area contributed by atoms with Crippen molar-refractivity contribution in [1.29, 1.82) is 0 Å². The summed E-state index contributed by atoms with van der Waals surface area (Å²) in [6.45, 7) is 7.05. The number of carbonyl (C=O) groups is 3. The molecular weight excluding hydrogens is 751 g/mol. The Labute approximate surface area is 318 Å². The highest BCUT2D eigenvalue weighted by atomic mass is 32.2. The molecule has 2 aromatic rings. The summed E-state index contributed by atoms with van der Waals surface area (Å²) >= 11 is 0. The molecule has 1 heterocycles. The van der Waals surface area contributed by atoms with Crippen LogP contribution in [0, 0.1) is 40.9 Å². The normalized spacial score (nSPS) is 21.1. The Kier molecular flexibility index (Phi) is 14.0. The number of amides is 3. The number of halogens is 5. The maximum absolute atomic E-state index is 14.2. The maximum Gasteiger partial charge on any atom is 0.258 e. The molecule has 2 aliphatic rings. The van der Waals surface area contributed by atoms with Gasteiger partial charge in [0.25, 0.3) is 5.91 Å². The molecule has 4 rings (SSSR count). The number of sulfone groups is 1. The number of likely N-dealkylation sites (tertiary alicyclic amines) is 1. The Hall–Kier alpha value is -3.83. The number of ether oxygens (including phenoxy) is 1. The molecule has 4 N–H and O–H groups in total. The van der Waals surface area contributed by atoms with Gasteiger partial charge in [-0.1, -0.05) is 49.6 Å². The molecule has 0 radical (unpaired) electrons. The summed E-state index contributed by atoms with van der Waals surface area (Å²) in [5.74, 6) is -15.4. The van der Waals surface area contributed by atoms with Gasteiger partial charge in [0.2, 0.25) is 40.9 Å². The van der Waals surface area contributed by atoms with Gasteiger partial charge in [0.1, 0.15) is 6.04 Å². The molecule has 1 aliphatic heterocycles. The molecule has 0 spiro atoms. The first-order chi connectivity index (χ1) is 25.5. The van der Waals surface area contributed by atoms with E-state index in [9.17, 15) is 49.9 Å². The van der Waals surface area contributed by atoms with E-state index in [0.717, 1.165) is 45.8 Å². The summed E-state index contributed by atoms with van der Waals surface area (Å²) in [6, 6.07) is 5.23. The zero-order chi connectivity index (χ0) is 41.0. The summed E-state index contributed by atoms with van der Waals surface area (Å²) in [7, 11) is -4.16. The van der Waals surface area contributed by atoms with Crippen molar-refractivity contribution in [3.63, 3.8) is 0 Å². The Morgan fingerprint density at radius 3 is 2.02 bits per heavy atom. The molecule has 1 aliphatic carbocycles. The Morgan fingerprint density at radius 1 is 0.891 bits per heavy atom. The van der Waals surface area contributed by atoms with Crippen LogP contribution in [0.5, 0.6) is 5.75 Å². The van der Waals surface area contributed by atoms with Crippen molar-refractivity contribution in [1.82, 2.24) is 20.9 Å². The fraction of sp³-hybridized carbons (Fsp3) is 0.605. The maximum atomic E-state index is 14.2. The lowest BCUT2D eigenvalue weighted by molar-refractivity contribution is -0.133. The van der Waals surface area contributed by atoms with E-state index in [1.165, 1.54) is 0 Å². The predicted molar refractivity (Wildman–Crippen MR) is 194 cm³/mol. The van der Waals surface area contributed by atoms with Gasteiger partial charge in [0, 0.05) is 24.9 Å². The molecule has 0 aromatic heterocycles. The van der Waals surface area contributed by atoms with E-state index >= 15 is 0 Å². The van der Waals surface area contributed by atoms with Gasteiger partial charge >= 0.3 is 0 Å². The predicted octanol–water partition coefficient (Wildman–Crippen LogP) is 3.95. The van der Waals surface area contributed by atoms with E-state index in [1.807, 2.05) is 25.7 Å². The SMILES string of the molecule is CC(C)(C)NC(=O)[C@@H]1CC2CCCCC2CN1C[C@@H](O)[C@H](Cc1ccccc1)NC(=O)[C@@H](NC(=O)COc1c(F)c(F)c(F)c(F)c1F)C(C)(C)S(C)(=O)=O. The minimum absolute atomic E-state index is 0.0362. The first-order valence-corrected chi connectivity index (χ1v) is 20.1.